The van der Waals surface area contributed by atoms with Gasteiger partial charge in [-0.2, -0.15) is 0 Å². The minimum Gasteiger partial charge on any atom is -0.322 e. The van der Waals surface area contributed by atoms with Gasteiger partial charge in [-0.25, -0.2) is 0 Å². The monoisotopic (exact) mass is 342 g/mol. The van der Waals surface area contributed by atoms with Crippen LogP contribution in [0.1, 0.15) is 24.3 Å². The Kier molecular flexibility index (Phi) is 6.06. The molecule has 1 amide bonds. The first-order chi connectivity index (χ1) is 10.1. The smallest absolute Gasteiger partial charge is 0.238 e. The van der Waals surface area contributed by atoms with Crippen molar-refractivity contribution in [3.63, 3.8) is 0 Å². The second-order valence-corrected chi connectivity index (χ2v) is 6.30. The van der Waals surface area contributed by atoms with Crippen molar-refractivity contribution in [1.29, 1.82) is 0 Å². The summed E-state index contributed by atoms with van der Waals surface area (Å²) in [6.45, 7) is 2.29. The number of para-hydroxylation sites is 1. The van der Waals surface area contributed by atoms with E-state index in [4.69, 9.17) is 23.2 Å². The Labute approximate surface area is 138 Å². The maximum absolute atomic E-state index is 12.0. The Bertz CT molecular complexity index is 581. The van der Waals surface area contributed by atoms with Gasteiger partial charge in [0.2, 0.25) is 5.91 Å². The molecule has 0 radical (unpaired) electrons. The third-order valence-electron chi connectivity index (χ3n) is 3.03. The van der Waals surface area contributed by atoms with Crippen LogP contribution in [-0.2, 0) is 4.79 Å². The van der Waals surface area contributed by atoms with Gasteiger partial charge >= 0.3 is 0 Å². The molecule has 0 aliphatic rings. The van der Waals surface area contributed by atoms with Crippen molar-refractivity contribution >= 4 is 46.1 Å². The lowest BCUT2D eigenvalue weighted by atomic mass is 10.2. The molecule has 1 atom stereocenters. The van der Waals surface area contributed by atoms with Gasteiger partial charge in [0.15, 0.2) is 0 Å². The van der Waals surface area contributed by atoms with Crippen molar-refractivity contribution in [1.82, 2.24) is 5.32 Å². The number of benzene rings is 1. The highest BCUT2D eigenvalue weighted by Gasteiger charge is 2.13. The molecule has 0 aliphatic carbocycles. The van der Waals surface area contributed by atoms with E-state index in [1.165, 1.54) is 4.88 Å². The largest absolute Gasteiger partial charge is 0.322 e. The predicted octanol–water partition coefficient (Wildman–Crippen LogP) is 4.73. The van der Waals surface area contributed by atoms with E-state index in [2.05, 4.69) is 23.6 Å². The maximum atomic E-state index is 12.0. The van der Waals surface area contributed by atoms with Crippen LogP contribution in [0.25, 0.3) is 0 Å². The summed E-state index contributed by atoms with van der Waals surface area (Å²) < 4.78 is 0. The number of halogens is 2. The number of hydrogen-bond acceptors (Lipinski definition) is 3. The molecule has 6 heteroatoms. The molecule has 2 N–H and O–H groups in total. The molecule has 21 heavy (non-hydrogen) atoms. The summed E-state index contributed by atoms with van der Waals surface area (Å²) in [6.07, 6.45) is 0.917. The second kappa shape index (κ2) is 7.80. The summed E-state index contributed by atoms with van der Waals surface area (Å²) in [7, 11) is 0. The highest BCUT2D eigenvalue weighted by Crippen LogP contribution is 2.29. The van der Waals surface area contributed by atoms with Crippen molar-refractivity contribution in [2.45, 2.75) is 19.4 Å². The summed E-state index contributed by atoms with van der Waals surface area (Å²) in [4.78, 5) is 13.2. The van der Waals surface area contributed by atoms with Crippen LogP contribution >= 0.6 is 34.5 Å². The lowest BCUT2D eigenvalue weighted by Crippen LogP contribution is -2.30. The Balaban J connectivity index is 1.93. The molecule has 0 aliphatic heterocycles. The van der Waals surface area contributed by atoms with Crippen molar-refractivity contribution < 1.29 is 4.79 Å². The number of carbonyl (C=O) groups is 1. The van der Waals surface area contributed by atoms with Gasteiger partial charge in [0.05, 0.1) is 22.3 Å². The fourth-order valence-corrected chi connectivity index (χ4v) is 3.33. The molecule has 2 rings (SSSR count). The van der Waals surface area contributed by atoms with Crippen LogP contribution < -0.4 is 10.6 Å². The number of amides is 1. The van der Waals surface area contributed by atoms with Crippen LogP contribution in [-0.4, -0.2) is 12.5 Å². The Morgan fingerprint density at radius 3 is 2.52 bits per heavy atom. The molecule has 1 unspecified atom stereocenters. The van der Waals surface area contributed by atoms with Gasteiger partial charge in [-0.15, -0.1) is 11.3 Å². The fourth-order valence-electron chi connectivity index (χ4n) is 1.95. The van der Waals surface area contributed by atoms with E-state index in [0.29, 0.717) is 15.7 Å². The van der Waals surface area contributed by atoms with E-state index in [9.17, 15) is 4.79 Å². The van der Waals surface area contributed by atoms with Crippen molar-refractivity contribution in [3.05, 3.63) is 50.6 Å². The van der Waals surface area contributed by atoms with Crippen molar-refractivity contribution in [2.24, 2.45) is 0 Å². The molecule has 112 valence electrons. The quantitative estimate of drug-likeness (QED) is 0.796. The fraction of sp³-hybridized carbons (Fsp3) is 0.267. The van der Waals surface area contributed by atoms with Gasteiger partial charge in [-0.05, 0) is 30.0 Å². The highest BCUT2D eigenvalue weighted by atomic mass is 35.5. The second-order valence-electron chi connectivity index (χ2n) is 4.50. The van der Waals surface area contributed by atoms with Crippen molar-refractivity contribution in [2.75, 3.05) is 11.9 Å². The molecule has 0 fully saturated rings. The lowest BCUT2D eigenvalue weighted by molar-refractivity contribution is -0.115. The van der Waals surface area contributed by atoms with E-state index < -0.39 is 0 Å². The highest BCUT2D eigenvalue weighted by molar-refractivity contribution is 7.10. The van der Waals surface area contributed by atoms with E-state index in [1.54, 1.807) is 29.5 Å². The molecule has 0 bridgehead atoms. The number of nitrogens with one attached hydrogen (secondary N) is 2. The Morgan fingerprint density at radius 2 is 1.95 bits per heavy atom. The summed E-state index contributed by atoms with van der Waals surface area (Å²) in [5, 5.41) is 8.88. The maximum Gasteiger partial charge on any atom is 0.238 e. The van der Waals surface area contributed by atoms with Gasteiger partial charge < -0.3 is 10.6 Å². The minimum absolute atomic E-state index is 0.167. The third kappa shape index (κ3) is 4.45. The van der Waals surface area contributed by atoms with Crippen LogP contribution in [0.2, 0.25) is 10.0 Å². The first-order valence-electron chi connectivity index (χ1n) is 6.62. The van der Waals surface area contributed by atoms with Gasteiger partial charge in [0, 0.05) is 10.9 Å². The summed E-state index contributed by atoms with van der Waals surface area (Å²) in [5.74, 6) is -0.167. The van der Waals surface area contributed by atoms with Gasteiger partial charge in [0.1, 0.15) is 0 Å². The molecule has 1 aromatic carbocycles. The number of carbonyl (C=O) groups excluding carboxylic acids is 1. The third-order valence-corrected chi connectivity index (χ3v) is 4.65. The lowest BCUT2D eigenvalue weighted by Gasteiger charge is -2.15. The van der Waals surface area contributed by atoms with E-state index in [-0.39, 0.29) is 18.5 Å². The van der Waals surface area contributed by atoms with Crippen LogP contribution in [0.3, 0.4) is 0 Å². The number of hydrogen-bond donors (Lipinski definition) is 2. The molecule has 3 nitrogen and oxygen atoms in total. The van der Waals surface area contributed by atoms with Crippen molar-refractivity contribution in [3.8, 4) is 0 Å². The SMILES string of the molecule is CCC(NCC(=O)Nc1c(Cl)cccc1Cl)c1cccs1. The van der Waals surface area contributed by atoms with Crippen LogP contribution in [0.5, 0.6) is 0 Å². The number of thiophene rings is 1. The molecule has 0 spiro atoms. The van der Waals surface area contributed by atoms with Gasteiger partial charge in [-0.3, -0.25) is 4.79 Å². The molecule has 0 saturated carbocycles. The molecule has 0 saturated heterocycles. The van der Waals surface area contributed by atoms with Crippen LogP contribution in [0, 0.1) is 0 Å². The average Bonchev–Trinajstić information content (AvgIpc) is 2.98. The number of rotatable bonds is 6. The summed E-state index contributed by atoms with van der Waals surface area (Å²) in [5.41, 5.74) is 0.455. The summed E-state index contributed by atoms with van der Waals surface area (Å²) in [6, 6.07) is 9.37. The number of anilines is 1. The Hall–Kier alpha value is -1.07. The summed E-state index contributed by atoms with van der Waals surface area (Å²) >= 11 is 13.7. The van der Waals surface area contributed by atoms with Crippen LogP contribution in [0.15, 0.2) is 35.7 Å². The first-order valence-corrected chi connectivity index (χ1v) is 8.26. The molecule has 2 aromatic rings. The van der Waals surface area contributed by atoms with E-state index >= 15 is 0 Å². The molecule has 1 heterocycles. The first kappa shape index (κ1) is 16.3. The minimum atomic E-state index is -0.167. The topological polar surface area (TPSA) is 41.1 Å². The standard InChI is InChI=1S/C15H16Cl2N2OS/c1-2-12(13-7-4-8-21-13)18-9-14(20)19-15-10(16)5-3-6-11(15)17/h3-8,12,18H,2,9H2,1H3,(H,19,20). The molecule has 1 aromatic heterocycles. The molecular weight excluding hydrogens is 327 g/mol. The Morgan fingerprint density at radius 1 is 1.24 bits per heavy atom. The van der Waals surface area contributed by atoms with Gasteiger partial charge in [-0.1, -0.05) is 42.3 Å². The van der Waals surface area contributed by atoms with Crippen LogP contribution in [0.4, 0.5) is 5.69 Å². The zero-order valence-electron chi connectivity index (χ0n) is 11.5. The predicted molar refractivity (Wildman–Crippen MR) is 90.4 cm³/mol. The average molecular weight is 343 g/mol. The van der Waals surface area contributed by atoms with Gasteiger partial charge in [0.25, 0.3) is 0 Å². The molecular formula is C15H16Cl2N2OS. The van der Waals surface area contributed by atoms with E-state index in [1.807, 2.05) is 11.4 Å². The zero-order chi connectivity index (χ0) is 15.2. The zero-order valence-corrected chi connectivity index (χ0v) is 13.9. The van der Waals surface area contributed by atoms with E-state index in [0.717, 1.165) is 6.42 Å². The normalized spacial score (nSPS) is 12.1.